The molecular weight excluding hydrogens is 422 g/mol. The molecule has 2 aromatic heterocycles. The number of nitrogens with one attached hydrogen (secondary N) is 1. The molecule has 0 saturated carbocycles. The molecule has 1 saturated heterocycles. The zero-order valence-corrected chi connectivity index (χ0v) is 19.5. The fraction of sp³-hybridized carbons (Fsp3) is 0.333. The van der Waals surface area contributed by atoms with Crippen molar-refractivity contribution in [3.8, 4) is 0 Å². The van der Waals surface area contributed by atoms with Gasteiger partial charge in [-0.2, -0.15) is 0 Å². The molecule has 0 spiro atoms. The van der Waals surface area contributed by atoms with Crippen molar-refractivity contribution in [2.75, 3.05) is 23.3 Å². The van der Waals surface area contributed by atoms with E-state index in [1.54, 1.807) is 6.20 Å². The van der Waals surface area contributed by atoms with Gasteiger partial charge in [-0.1, -0.05) is 0 Å². The second-order valence-corrected chi connectivity index (χ2v) is 9.12. The number of anilines is 2. The van der Waals surface area contributed by atoms with E-state index in [1.165, 1.54) is 11.8 Å². The molecule has 1 amide bonds. The lowest BCUT2D eigenvalue weighted by atomic mass is 10.2. The van der Waals surface area contributed by atoms with Crippen molar-refractivity contribution < 1.29 is 9.53 Å². The molecule has 0 radical (unpaired) electrons. The van der Waals surface area contributed by atoms with Gasteiger partial charge in [0.2, 0.25) is 0 Å². The number of morpholine rings is 1. The van der Waals surface area contributed by atoms with Crippen molar-refractivity contribution in [3.63, 3.8) is 0 Å². The average Bonchev–Trinajstić information content (AvgIpc) is 2.74. The third-order valence-corrected chi connectivity index (χ3v) is 5.91. The maximum absolute atomic E-state index is 12.6. The van der Waals surface area contributed by atoms with Crippen molar-refractivity contribution >= 4 is 29.2 Å². The number of aryl methyl sites for hydroxylation is 2. The summed E-state index contributed by atoms with van der Waals surface area (Å²) in [7, 11) is 0. The summed E-state index contributed by atoms with van der Waals surface area (Å²) < 4.78 is 5.78. The number of carbonyl (C=O) groups is 1. The molecule has 0 aliphatic carbocycles. The molecule has 3 aromatic rings. The Morgan fingerprint density at radius 3 is 2.28 bits per heavy atom. The molecule has 3 heterocycles. The molecule has 4 rings (SSSR count). The molecule has 1 aliphatic heterocycles. The van der Waals surface area contributed by atoms with Crippen LogP contribution in [0.5, 0.6) is 0 Å². The maximum Gasteiger partial charge on any atom is 0.257 e. The summed E-state index contributed by atoms with van der Waals surface area (Å²) in [6.45, 7) is 9.62. The fourth-order valence-electron chi connectivity index (χ4n) is 3.73. The summed E-state index contributed by atoms with van der Waals surface area (Å²) in [6.07, 6.45) is 1.94. The summed E-state index contributed by atoms with van der Waals surface area (Å²) in [6, 6.07) is 13.3. The number of ether oxygens (including phenoxy) is 1. The van der Waals surface area contributed by atoms with Crippen LogP contribution in [0, 0.1) is 13.8 Å². The van der Waals surface area contributed by atoms with Crippen LogP contribution >= 0.6 is 11.8 Å². The van der Waals surface area contributed by atoms with Crippen molar-refractivity contribution in [2.45, 2.75) is 50.0 Å². The zero-order valence-electron chi connectivity index (χ0n) is 18.7. The zero-order chi connectivity index (χ0) is 22.7. The number of pyridine rings is 1. The van der Waals surface area contributed by atoms with Gasteiger partial charge in [0.05, 0.1) is 17.8 Å². The molecule has 166 valence electrons. The van der Waals surface area contributed by atoms with Crippen LogP contribution in [0.2, 0.25) is 0 Å². The maximum atomic E-state index is 12.6. The standard InChI is InChI=1S/C24H27N5O2S/c1-15-11-16(2)27-24(26-15)32-21-8-6-20(7-9-21)28-23(30)19-5-10-22(25-12-19)29-13-17(3)31-18(4)14-29/h5-12,17-18H,13-14H2,1-4H3,(H,28,30). The monoisotopic (exact) mass is 449 g/mol. The number of benzene rings is 1. The Morgan fingerprint density at radius 2 is 1.69 bits per heavy atom. The molecule has 1 N–H and O–H groups in total. The molecule has 0 bridgehead atoms. The molecule has 1 fully saturated rings. The lowest BCUT2D eigenvalue weighted by molar-refractivity contribution is -0.00546. The van der Waals surface area contributed by atoms with Gasteiger partial charge in [0, 0.05) is 41.3 Å². The average molecular weight is 450 g/mol. The number of carbonyl (C=O) groups excluding carboxylic acids is 1. The van der Waals surface area contributed by atoms with Crippen molar-refractivity contribution in [1.82, 2.24) is 15.0 Å². The molecule has 32 heavy (non-hydrogen) atoms. The summed E-state index contributed by atoms with van der Waals surface area (Å²) in [5, 5.41) is 3.64. The van der Waals surface area contributed by atoms with E-state index in [-0.39, 0.29) is 18.1 Å². The van der Waals surface area contributed by atoms with Crippen LogP contribution < -0.4 is 10.2 Å². The Kier molecular flexibility index (Phi) is 6.72. The van der Waals surface area contributed by atoms with Crippen LogP contribution in [-0.4, -0.2) is 46.2 Å². The van der Waals surface area contributed by atoms with Crippen LogP contribution in [0.15, 0.2) is 58.7 Å². The van der Waals surface area contributed by atoms with Gasteiger partial charge in [0.25, 0.3) is 5.91 Å². The van der Waals surface area contributed by atoms with Gasteiger partial charge in [0.1, 0.15) is 5.82 Å². The van der Waals surface area contributed by atoms with Crippen molar-refractivity contribution in [2.24, 2.45) is 0 Å². The minimum absolute atomic E-state index is 0.158. The number of hydrogen-bond acceptors (Lipinski definition) is 7. The van der Waals surface area contributed by atoms with Crippen molar-refractivity contribution in [1.29, 1.82) is 0 Å². The van der Waals surface area contributed by atoms with Crippen LogP contribution in [0.4, 0.5) is 11.5 Å². The molecule has 1 aliphatic rings. The summed E-state index contributed by atoms with van der Waals surface area (Å²) in [4.78, 5) is 29.3. The Labute approximate surface area is 192 Å². The smallest absolute Gasteiger partial charge is 0.257 e. The Bertz CT molecular complexity index is 1060. The van der Waals surface area contributed by atoms with E-state index < -0.39 is 0 Å². The lowest BCUT2D eigenvalue weighted by Gasteiger charge is -2.36. The first-order chi connectivity index (χ1) is 15.4. The number of rotatable bonds is 5. The van der Waals surface area contributed by atoms with E-state index >= 15 is 0 Å². The largest absolute Gasteiger partial charge is 0.372 e. The van der Waals surface area contributed by atoms with Gasteiger partial charge in [-0.3, -0.25) is 4.79 Å². The van der Waals surface area contributed by atoms with Gasteiger partial charge >= 0.3 is 0 Å². The van der Waals surface area contributed by atoms with E-state index in [9.17, 15) is 4.79 Å². The first kappa shape index (κ1) is 22.2. The van der Waals surface area contributed by atoms with Gasteiger partial charge in [-0.15, -0.1) is 0 Å². The summed E-state index contributed by atoms with van der Waals surface area (Å²) in [5.74, 6) is 0.671. The Balaban J connectivity index is 1.37. The fourth-order valence-corrected chi connectivity index (χ4v) is 4.59. The quantitative estimate of drug-likeness (QED) is 0.574. The van der Waals surface area contributed by atoms with E-state index in [2.05, 4.69) is 39.0 Å². The lowest BCUT2D eigenvalue weighted by Crippen LogP contribution is -2.45. The van der Waals surface area contributed by atoms with Crippen molar-refractivity contribution in [3.05, 3.63) is 65.6 Å². The summed E-state index contributed by atoms with van der Waals surface area (Å²) in [5.41, 5.74) is 3.13. The normalized spacial score (nSPS) is 18.4. The molecule has 2 atom stereocenters. The number of nitrogens with zero attached hydrogens (tertiary/aromatic N) is 4. The van der Waals surface area contributed by atoms with Gasteiger partial charge in [0.15, 0.2) is 5.16 Å². The number of hydrogen-bond donors (Lipinski definition) is 1. The van der Waals surface area contributed by atoms with Gasteiger partial charge in [-0.05, 0) is 81.9 Å². The third kappa shape index (κ3) is 5.63. The van der Waals surface area contributed by atoms with Crippen LogP contribution in [0.3, 0.4) is 0 Å². The van der Waals surface area contributed by atoms with Gasteiger partial charge < -0.3 is 15.0 Å². The Morgan fingerprint density at radius 1 is 1.03 bits per heavy atom. The summed E-state index contributed by atoms with van der Waals surface area (Å²) >= 11 is 1.50. The Hall–Kier alpha value is -2.97. The molecule has 7 nitrogen and oxygen atoms in total. The first-order valence-electron chi connectivity index (χ1n) is 10.6. The van der Waals surface area contributed by atoms with Crippen LogP contribution in [-0.2, 0) is 4.74 Å². The van der Waals surface area contributed by atoms with E-state index in [1.807, 2.05) is 56.3 Å². The van der Waals surface area contributed by atoms with E-state index in [4.69, 9.17) is 4.74 Å². The van der Waals surface area contributed by atoms with E-state index in [0.29, 0.717) is 5.56 Å². The van der Waals surface area contributed by atoms with Crippen LogP contribution in [0.1, 0.15) is 35.6 Å². The molecule has 1 aromatic carbocycles. The molecular formula is C24H27N5O2S. The molecule has 2 unspecified atom stereocenters. The number of amides is 1. The highest BCUT2D eigenvalue weighted by molar-refractivity contribution is 7.99. The second kappa shape index (κ2) is 9.67. The predicted molar refractivity (Wildman–Crippen MR) is 126 cm³/mol. The minimum Gasteiger partial charge on any atom is -0.372 e. The third-order valence-electron chi connectivity index (χ3n) is 5.04. The minimum atomic E-state index is -0.189. The molecule has 8 heteroatoms. The van der Waals surface area contributed by atoms with Crippen LogP contribution in [0.25, 0.3) is 0 Å². The van der Waals surface area contributed by atoms with E-state index in [0.717, 1.165) is 46.0 Å². The first-order valence-corrected chi connectivity index (χ1v) is 11.5. The highest BCUT2D eigenvalue weighted by Crippen LogP contribution is 2.26. The SMILES string of the molecule is Cc1cc(C)nc(Sc2ccc(NC(=O)c3ccc(N4CC(C)OC(C)C4)nc3)cc2)n1. The topological polar surface area (TPSA) is 80.2 Å². The highest BCUT2D eigenvalue weighted by Gasteiger charge is 2.23. The highest BCUT2D eigenvalue weighted by atomic mass is 32.2. The van der Waals surface area contributed by atoms with Gasteiger partial charge in [-0.25, -0.2) is 15.0 Å². The predicted octanol–water partition coefficient (Wildman–Crippen LogP) is 4.51. The second-order valence-electron chi connectivity index (χ2n) is 8.08. The number of aromatic nitrogens is 3.